The number of amides is 2. The lowest BCUT2D eigenvalue weighted by Gasteiger charge is -2.09. The molecule has 0 aliphatic carbocycles. The molecule has 7 nitrogen and oxygen atoms in total. The van der Waals surface area contributed by atoms with Crippen LogP contribution in [0.1, 0.15) is 20.8 Å². The maximum Gasteiger partial charge on any atom is 0.287 e. The number of carbonyl (C=O) groups is 2. The molecule has 0 fully saturated rings. The molecule has 1 aromatic heterocycles. The minimum absolute atomic E-state index is 0.0329. The summed E-state index contributed by atoms with van der Waals surface area (Å²) in [5.74, 6) is -1.51. The summed E-state index contributed by atoms with van der Waals surface area (Å²) >= 11 is 7.45. The maximum atomic E-state index is 12.6. The van der Waals surface area contributed by atoms with Crippen LogP contribution in [0.5, 0.6) is 11.5 Å². The third-order valence-electron chi connectivity index (χ3n) is 3.82. The second-order valence-electron chi connectivity index (χ2n) is 5.95. The molecule has 2 amide bonds. The molecule has 0 radical (unpaired) electrons. The van der Waals surface area contributed by atoms with Gasteiger partial charge in [0.15, 0.2) is 0 Å². The van der Waals surface area contributed by atoms with Gasteiger partial charge in [-0.05, 0) is 41.8 Å². The van der Waals surface area contributed by atoms with E-state index in [1.165, 1.54) is 35.8 Å². The third-order valence-corrected chi connectivity index (χ3v) is 4.97. The van der Waals surface area contributed by atoms with E-state index in [4.69, 9.17) is 11.6 Å². The van der Waals surface area contributed by atoms with Gasteiger partial charge in [-0.15, -0.1) is 11.3 Å². The van der Waals surface area contributed by atoms with Crippen LogP contribution in [0.3, 0.4) is 0 Å². The van der Waals surface area contributed by atoms with Gasteiger partial charge in [-0.1, -0.05) is 29.8 Å². The summed E-state index contributed by atoms with van der Waals surface area (Å²) in [5, 5.41) is 27.5. The zero-order valence-electron chi connectivity index (χ0n) is 15.4. The smallest absolute Gasteiger partial charge is 0.287 e. The summed E-state index contributed by atoms with van der Waals surface area (Å²) in [6.45, 7) is 0. The first-order chi connectivity index (χ1) is 14.4. The van der Waals surface area contributed by atoms with Gasteiger partial charge in [-0.3, -0.25) is 9.59 Å². The lowest BCUT2D eigenvalue weighted by atomic mass is 10.2. The summed E-state index contributed by atoms with van der Waals surface area (Å²) in [7, 11) is 0. The van der Waals surface area contributed by atoms with Gasteiger partial charge in [0, 0.05) is 16.5 Å². The molecule has 152 valence electrons. The number of thiophene rings is 1. The second-order valence-corrected chi connectivity index (χ2v) is 7.34. The van der Waals surface area contributed by atoms with Crippen LogP contribution < -0.4 is 10.7 Å². The average molecular weight is 442 g/mol. The molecule has 9 heteroatoms. The van der Waals surface area contributed by atoms with E-state index < -0.39 is 11.8 Å². The van der Waals surface area contributed by atoms with Gasteiger partial charge < -0.3 is 15.5 Å². The lowest BCUT2D eigenvalue weighted by Crippen LogP contribution is -2.32. The van der Waals surface area contributed by atoms with E-state index in [2.05, 4.69) is 15.8 Å². The highest BCUT2D eigenvalue weighted by molar-refractivity contribution is 7.10. The van der Waals surface area contributed by atoms with Crippen LogP contribution in [0.2, 0.25) is 5.02 Å². The molecular weight excluding hydrogens is 426 g/mol. The zero-order chi connectivity index (χ0) is 21.5. The van der Waals surface area contributed by atoms with Gasteiger partial charge in [0.2, 0.25) is 0 Å². The third kappa shape index (κ3) is 5.47. The number of phenols is 2. The number of carbonyl (C=O) groups excluding carboxylic acids is 2. The number of rotatable bonds is 6. The minimum atomic E-state index is -0.668. The van der Waals surface area contributed by atoms with Crippen molar-refractivity contribution in [2.75, 3.05) is 0 Å². The number of nitrogens with zero attached hydrogens (tertiary/aromatic N) is 1. The molecule has 0 bridgehead atoms. The summed E-state index contributed by atoms with van der Waals surface area (Å²) in [6.07, 6.45) is 2.73. The summed E-state index contributed by atoms with van der Waals surface area (Å²) in [6, 6.07) is 14.0. The molecule has 0 aliphatic rings. The largest absolute Gasteiger partial charge is 0.508 e. The number of benzene rings is 2. The van der Waals surface area contributed by atoms with Gasteiger partial charge in [0.25, 0.3) is 11.8 Å². The first kappa shape index (κ1) is 21.1. The number of hydrazone groups is 1. The van der Waals surface area contributed by atoms with Crippen molar-refractivity contribution in [2.45, 2.75) is 0 Å². The molecule has 30 heavy (non-hydrogen) atoms. The number of phenolic OH excluding ortho intramolecular Hbond substituents is 2. The molecule has 4 N–H and O–H groups in total. The summed E-state index contributed by atoms with van der Waals surface area (Å²) in [5.41, 5.74) is 2.78. The van der Waals surface area contributed by atoms with Crippen molar-refractivity contribution >= 4 is 47.0 Å². The van der Waals surface area contributed by atoms with E-state index in [9.17, 15) is 19.8 Å². The van der Waals surface area contributed by atoms with Gasteiger partial charge in [-0.2, -0.15) is 5.10 Å². The fourth-order valence-corrected chi connectivity index (χ4v) is 3.25. The number of hydrogen-bond acceptors (Lipinski definition) is 6. The molecule has 0 atom stereocenters. The fraction of sp³-hybridized carbons (Fsp3) is 0. The lowest BCUT2D eigenvalue weighted by molar-refractivity contribution is -0.117. The predicted molar refractivity (Wildman–Crippen MR) is 117 cm³/mol. The van der Waals surface area contributed by atoms with E-state index in [0.29, 0.717) is 0 Å². The minimum Gasteiger partial charge on any atom is -0.508 e. The van der Waals surface area contributed by atoms with Crippen molar-refractivity contribution in [3.63, 3.8) is 0 Å². The maximum absolute atomic E-state index is 12.6. The van der Waals surface area contributed by atoms with E-state index >= 15 is 0 Å². The van der Waals surface area contributed by atoms with Gasteiger partial charge in [0.1, 0.15) is 17.2 Å². The van der Waals surface area contributed by atoms with Crippen LogP contribution in [-0.2, 0) is 4.79 Å². The number of aromatic hydroxyl groups is 2. The van der Waals surface area contributed by atoms with E-state index in [-0.39, 0.29) is 33.3 Å². The molecule has 3 rings (SSSR count). The summed E-state index contributed by atoms with van der Waals surface area (Å²) in [4.78, 5) is 25.9. The molecule has 0 unspecified atom stereocenters. The van der Waals surface area contributed by atoms with Crippen LogP contribution >= 0.6 is 22.9 Å². The van der Waals surface area contributed by atoms with Crippen molar-refractivity contribution < 1.29 is 19.8 Å². The highest BCUT2D eigenvalue weighted by atomic mass is 35.5. The Balaban J connectivity index is 1.78. The standard InChI is InChI=1S/C21H16ClN3O4S/c22-17-6-2-1-5-16(17)20(28)24-18(11-15-4-3-9-30-15)21(29)25-23-12-13-7-8-14(26)10-19(13)27/h1-12,26-27H,(H,24,28)(H,25,29). The van der Waals surface area contributed by atoms with Gasteiger partial charge in [-0.25, -0.2) is 5.43 Å². The van der Waals surface area contributed by atoms with Crippen molar-refractivity contribution in [1.29, 1.82) is 0 Å². The average Bonchev–Trinajstić information content (AvgIpc) is 3.22. The number of halogens is 1. The Morgan fingerprint density at radius 3 is 2.57 bits per heavy atom. The Labute approximate surface area is 181 Å². The topological polar surface area (TPSA) is 111 Å². The predicted octanol–water partition coefficient (Wildman–Crippen LogP) is 3.73. The van der Waals surface area contributed by atoms with E-state index in [0.717, 1.165) is 10.9 Å². The highest BCUT2D eigenvalue weighted by Crippen LogP contribution is 2.21. The van der Waals surface area contributed by atoms with Crippen LogP contribution in [-0.4, -0.2) is 28.2 Å². The molecule has 0 aliphatic heterocycles. The van der Waals surface area contributed by atoms with Gasteiger partial charge in [0.05, 0.1) is 16.8 Å². The molecule has 0 saturated heterocycles. The molecular formula is C21H16ClN3O4S. The van der Waals surface area contributed by atoms with Crippen molar-refractivity contribution in [1.82, 2.24) is 10.7 Å². The summed E-state index contributed by atoms with van der Waals surface area (Å²) < 4.78 is 0. The van der Waals surface area contributed by atoms with Crippen LogP contribution in [0.25, 0.3) is 6.08 Å². The fourth-order valence-electron chi connectivity index (χ4n) is 2.37. The van der Waals surface area contributed by atoms with E-state index in [1.807, 2.05) is 11.4 Å². The monoisotopic (exact) mass is 441 g/mol. The van der Waals surface area contributed by atoms with Crippen LogP contribution in [0.15, 0.2) is 70.8 Å². The van der Waals surface area contributed by atoms with Crippen LogP contribution in [0.4, 0.5) is 0 Å². The Morgan fingerprint density at radius 1 is 1.07 bits per heavy atom. The normalized spacial score (nSPS) is 11.4. The van der Waals surface area contributed by atoms with Crippen LogP contribution in [0, 0.1) is 0 Å². The zero-order valence-corrected chi connectivity index (χ0v) is 16.9. The Bertz CT molecular complexity index is 1130. The quantitative estimate of drug-likeness (QED) is 0.265. The molecule has 0 saturated carbocycles. The van der Waals surface area contributed by atoms with Crippen molar-refractivity contribution in [3.05, 3.63) is 86.7 Å². The molecule has 0 spiro atoms. The SMILES string of the molecule is O=C(NN=Cc1ccc(O)cc1O)C(=Cc1cccs1)NC(=O)c1ccccc1Cl. The first-order valence-electron chi connectivity index (χ1n) is 8.60. The Morgan fingerprint density at radius 2 is 1.87 bits per heavy atom. The Kier molecular flexibility index (Phi) is 6.84. The second kappa shape index (κ2) is 9.73. The van der Waals surface area contributed by atoms with Gasteiger partial charge >= 0.3 is 0 Å². The van der Waals surface area contributed by atoms with Crippen molar-refractivity contribution in [3.8, 4) is 11.5 Å². The first-order valence-corrected chi connectivity index (χ1v) is 9.86. The number of hydrogen-bond donors (Lipinski definition) is 4. The highest BCUT2D eigenvalue weighted by Gasteiger charge is 2.16. The Hall–Kier alpha value is -3.62. The number of nitrogens with one attached hydrogen (secondary N) is 2. The van der Waals surface area contributed by atoms with Crippen molar-refractivity contribution in [2.24, 2.45) is 5.10 Å². The molecule has 2 aromatic carbocycles. The molecule has 3 aromatic rings. The molecule has 1 heterocycles. The van der Waals surface area contributed by atoms with E-state index in [1.54, 1.807) is 30.3 Å².